The zero-order valence-electron chi connectivity index (χ0n) is 11.3. The Bertz CT molecular complexity index is 373. The summed E-state index contributed by atoms with van der Waals surface area (Å²) in [6.45, 7) is 10.2. The molecule has 1 aliphatic rings. The number of nitrogens with one attached hydrogen (secondary N) is 1. The minimum absolute atomic E-state index is 0.642. The lowest BCUT2D eigenvalue weighted by Crippen LogP contribution is -2.38. The van der Waals surface area contributed by atoms with Crippen LogP contribution in [0.1, 0.15) is 30.9 Å². The van der Waals surface area contributed by atoms with E-state index in [9.17, 15) is 0 Å². The summed E-state index contributed by atoms with van der Waals surface area (Å²) in [6, 6.07) is 7.41. The van der Waals surface area contributed by atoms with E-state index in [1.807, 2.05) is 0 Å². The average Bonchev–Trinajstić information content (AvgIpc) is 2.28. The second-order valence-corrected chi connectivity index (χ2v) is 5.27. The number of anilines is 1. The van der Waals surface area contributed by atoms with Crippen LogP contribution in [0.15, 0.2) is 18.2 Å². The van der Waals surface area contributed by atoms with Crippen molar-refractivity contribution in [2.45, 2.75) is 39.7 Å². The monoisotopic (exact) mass is 232 g/mol. The van der Waals surface area contributed by atoms with Gasteiger partial charge in [-0.15, -0.1) is 0 Å². The molecule has 2 heteroatoms. The molecule has 1 atom stereocenters. The Morgan fingerprint density at radius 1 is 1.24 bits per heavy atom. The van der Waals surface area contributed by atoms with E-state index in [0.717, 1.165) is 6.54 Å². The molecule has 0 spiro atoms. The molecule has 1 heterocycles. The van der Waals surface area contributed by atoms with Crippen molar-refractivity contribution in [3.63, 3.8) is 0 Å². The molecule has 1 saturated heterocycles. The summed E-state index contributed by atoms with van der Waals surface area (Å²) < 4.78 is 0. The standard InChI is InChI=1S/C15H24N2/c1-12-5-6-13(2)15(11-12)17-9-4-8-16-14(3)7-10-17/h5-6,11,14,16H,4,7-10H2,1-3H3. The molecule has 1 aliphatic heterocycles. The Morgan fingerprint density at radius 2 is 2.06 bits per heavy atom. The van der Waals surface area contributed by atoms with E-state index in [1.54, 1.807) is 0 Å². The first-order valence-corrected chi connectivity index (χ1v) is 6.72. The van der Waals surface area contributed by atoms with Crippen molar-refractivity contribution in [2.75, 3.05) is 24.5 Å². The Balaban J connectivity index is 2.16. The molecule has 0 aliphatic carbocycles. The van der Waals surface area contributed by atoms with Crippen LogP contribution in [0.3, 0.4) is 0 Å². The average molecular weight is 232 g/mol. The maximum atomic E-state index is 3.56. The molecule has 0 radical (unpaired) electrons. The SMILES string of the molecule is Cc1ccc(C)c(N2CCCNC(C)CC2)c1. The molecule has 0 bridgehead atoms. The minimum Gasteiger partial charge on any atom is -0.371 e. The zero-order valence-corrected chi connectivity index (χ0v) is 11.3. The molecule has 1 unspecified atom stereocenters. The van der Waals surface area contributed by atoms with Crippen molar-refractivity contribution in [2.24, 2.45) is 0 Å². The predicted molar refractivity (Wildman–Crippen MR) is 74.8 cm³/mol. The van der Waals surface area contributed by atoms with Gasteiger partial charge in [-0.3, -0.25) is 0 Å². The molecular weight excluding hydrogens is 208 g/mol. The van der Waals surface area contributed by atoms with Gasteiger partial charge in [0.2, 0.25) is 0 Å². The third kappa shape index (κ3) is 3.22. The quantitative estimate of drug-likeness (QED) is 0.801. The number of rotatable bonds is 1. The van der Waals surface area contributed by atoms with Crippen molar-refractivity contribution in [1.82, 2.24) is 5.32 Å². The van der Waals surface area contributed by atoms with Gasteiger partial charge in [-0.25, -0.2) is 0 Å². The minimum atomic E-state index is 0.642. The number of nitrogens with zero attached hydrogens (tertiary/aromatic N) is 1. The second kappa shape index (κ2) is 5.54. The summed E-state index contributed by atoms with van der Waals surface area (Å²) in [5, 5.41) is 3.56. The van der Waals surface area contributed by atoms with Crippen LogP contribution < -0.4 is 10.2 Å². The third-order valence-corrected chi connectivity index (χ3v) is 3.63. The van der Waals surface area contributed by atoms with Gasteiger partial charge in [0, 0.05) is 24.8 Å². The lowest BCUT2D eigenvalue weighted by Gasteiger charge is -2.31. The molecule has 0 amide bonds. The van der Waals surface area contributed by atoms with Crippen LogP contribution in [0.5, 0.6) is 0 Å². The van der Waals surface area contributed by atoms with E-state index in [1.165, 1.54) is 42.7 Å². The molecule has 1 fully saturated rings. The van der Waals surface area contributed by atoms with Gasteiger partial charge in [-0.05, 0) is 57.4 Å². The number of benzene rings is 1. The summed E-state index contributed by atoms with van der Waals surface area (Å²) in [4.78, 5) is 2.56. The highest BCUT2D eigenvalue weighted by molar-refractivity contribution is 5.54. The van der Waals surface area contributed by atoms with Gasteiger partial charge in [-0.1, -0.05) is 12.1 Å². The Kier molecular flexibility index (Phi) is 4.06. The lowest BCUT2D eigenvalue weighted by molar-refractivity contribution is 0.475. The fourth-order valence-corrected chi connectivity index (χ4v) is 2.48. The molecule has 0 saturated carbocycles. The fraction of sp³-hybridized carbons (Fsp3) is 0.600. The molecular formula is C15H24N2. The highest BCUT2D eigenvalue weighted by Gasteiger charge is 2.13. The van der Waals surface area contributed by atoms with Crippen LogP contribution in [0, 0.1) is 13.8 Å². The van der Waals surface area contributed by atoms with E-state index < -0.39 is 0 Å². The van der Waals surface area contributed by atoms with Gasteiger partial charge in [0.05, 0.1) is 0 Å². The highest BCUT2D eigenvalue weighted by Crippen LogP contribution is 2.22. The third-order valence-electron chi connectivity index (χ3n) is 3.63. The van der Waals surface area contributed by atoms with E-state index in [2.05, 4.69) is 49.2 Å². The van der Waals surface area contributed by atoms with Crippen molar-refractivity contribution in [3.8, 4) is 0 Å². The summed E-state index contributed by atoms with van der Waals surface area (Å²) in [6.07, 6.45) is 2.46. The maximum absolute atomic E-state index is 3.56. The predicted octanol–water partition coefficient (Wildman–Crippen LogP) is 2.88. The zero-order chi connectivity index (χ0) is 12.3. The summed E-state index contributed by atoms with van der Waals surface area (Å²) in [7, 11) is 0. The van der Waals surface area contributed by atoms with Crippen molar-refractivity contribution < 1.29 is 0 Å². The first-order valence-electron chi connectivity index (χ1n) is 6.72. The second-order valence-electron chi connectivity index (χ2n) is 5.27. The van der Waals surface area contributed by atoms with Gasteiger partial charge in [-0.2, -0.15) is 0 Å². The molecule has 2 nitrogen and oxygen atoms in total. The topological polar surface area (TPSA) is 15.3 Å². The number of hydrogen-bond acceptors (Lipinski definition) is 2. The van der Waals surface area contributed by atoms with Crippen molar-refractivity contribution >= 4 is 5.69 Å². The molecule has 1 aromatic rings. The molecule has 94 valence electrons. The number of aryl methyl sites for hydroxylation is 2. The van der Waals surface area contributed by atoms with Gasteiger partial charge in [0.15, 0.2) is 0 Å². The highest BCUT2D eigenvalue weighted by atomic mass is 15.1. The van der Waals surface area contributed by atoms with Crippen molar-refractivity contribution in [3.05, 3.63) is 29.3 Å². The Labute approximate surface area is 105 Å². The molecule has 2 rings (SSSR count). The van der Waals surface area contributed by atoms with Crippen LogP contribution >= 0.6 is 0 Å². The van der Waals surface area contributed by atoms with Gasteiger partial charge in [0.25, 0.3) is 0 Å². The molecule has 1 N–H and O–H groups in total. The van der Waals surface area contributed by atoms with Crippen molar-refractivity contribution in [1.29, 1.82) is 0 Å². The summed E-state index contributed by atoms with van der Waals surface area (Å²) >= 11 is 0. The Hall–Kier alpha value is -1.02. The molecule has 1 aromatic carbocycles. The first kappa shape index (κ1) is 12.4. The smallest absolute Gasteiger partial charge is 0.0398 e. The molecule has 0 aromatic heterocycles. The Morgan fingerprint density at radius 3 is 2.88 bits per heavy atom. The van der Waals surface area contributed by atoms with E-state index in [4.69, 9.17) is 0 Å². The normalized spacial score (nSPS) is 22.1. The van der Waals surface area contributed by atoms with Gasteiger partial charge >= 0.3 is 0 Å². The van der Waals surface area contributed by atoms with Gasteiger partial charge in [0.1, 0.15) is 0 Å². The van der Waals surface area contributed by atoms with Crippen LogP contribution in [-0.2, 0) is 0 Å². The van der Waals surface area contributed by atoms with Crippen LogP contribution in [-0.4, -0.2) is 25.7 Å². The van der Waals surface area contributed by atoms with E-state index in [-0.39, 0.29) is 0 Å². The largest absolute Gasteiger partial charge is 0.371 e. The van der Waals surface area contributed by atoms with E-state index in [0.29, 0.717) is 6.04 Å². The fourth-order valence-electron chi connectivity index (χ4n) is 2.48. The summed E-state index contributed by atoms with van der Waals surface area (Å²) in [5.41, 5.74) is 4.19. The lowest BCUT2D eigenvalue weighted by atomic mass is 10.1. The molecule has 17 heavy (non-hydrogen) atoms. The summed E-state index contributed by atoms with van der Waals surface area (Å²) in [5.74, 6) is 0. The maximum Gasteiger partial charge on any atom is 0.0398 e. The number of hydrogen-bond donors (Lipinski definition) is 1. The van der Waals surface area contributed by atoms with Gasteiger partial charge < -0.3 is 10.2 Å². The van der Waals surface area contributed by atoms with Crippen LogP contribution in [0.2, 0.25) is 0 Å². The van der Waals surface area contributed by atoms with E-state index >= 15 is 0 Å². The van der Waals surface area contributed by atoms with Crippen LogP contribution in [0.4, 0.5) is 5.69 Å². The first-order chi connectivity index (χ1) is 8.16. The van der Waals surface area contributed by atoms with Crippen LogP contribution in [0.25, 0.3) is 0 Å².